The lowest BCUT2D eigenvalue weighted by molar-refractivity contribution is 0.0940. The third kappa shape index (κ3) is 3.16. The van der Waals surface area contributed by atoms with Crippen molar-refractivity contribution in [3.63, 3.8) is 0 Å². The molecule has 0 aromatic heterocycles. The molecule has 0 saturated carbocycles. The minimum Gasteiger partial charge on any atom is -0.346 e. The number of rotatable bonds is 4. The first-order valence-corrected chi connectivity index (χ1v) is 6.22. The van der Waals surface area contributed by atoms with Crippen LogP contribution >= 0.6 is 0 Å². The second kappa shape index (κ2) is 6.41. The third-order valence-electron chi connectivity index (χ3n) is 2.95. The molecule has 2 aromatic rings. The van der Waals surface area contributed by atoms with Crippen LogP contribution in [0.25, 0.3) is 10.4 Å². The lowest BCUT2D eigenvalue weighted by Gasteiger charge is -2.15. The Morgan fingerprint density at radius 3 is 2.50 bits per heavy atom. The van der Waals surface area contributed by atoms with Crippen LogP contribution in [0, 0.1) is 0 Å². The van der Waals surface area contributed by atoms with Crippen LogP contribution in [0.4, 0.5) is 5.69 Å². The van der Waals surface area contributed by atoms with Crippen molar-refractivity contribution in [1.29, 1.82) is 0 Å². The van der Waals surface area contributed by atoms with E-state index in [-0.39, 0.29) is 11.9 Å². The van der Waals surface area contributed by atoms with Gasteiger partial charge in [0.15, 0.2) is 0 Å². The molecule has 20 heavy (non-hydrogen) atoms. The molecule has 0 bridgehead atoms. The van der Waals surface area contributed by atoms with Crippen molar-refractivity contribution in [2.24, 2.45) is 5.11 Å². The molecule has 1 unspecified atom stereocenters. The maximum Gasteiger partial charge on any atom is 0.252 e. The fourth-order valence-electron chi connectivity index (χ4n) is 1.90. The lowest BCUT2D eigenvalue weighted by atomic mass is 10.1. The predicted octanol–water partition coefficient (Wildman–Crippen LogP) is 4.12. The van der Waals surface area contributed by atoms with Gasteiger partial charge < -0.3 is 5.32 Å². The molecule has 0 spiro atoms. The van der Waals surface area contributed by atoms with Gasteiger partial charge in [0.1, 0.15) is 0 Å². The molecule has 100 valence electrons. The number of azide groups is 1. The average Bonchev–Trinajstić information content (AvgIpc) is 2.49. The van der Waals surface area contributed by atoms with Crippen molar-refractivity contribution in [2.75, 3.05) is 0 Å². The fourth-order valence-corrected chi connectivity index (χ4v) is 1.90. The molecule has 5 heteroatoms. The molecule has 5 nitrogen and oxygen atoms in total. The van der Waals surface area contributed by atoms with E-state index in [4.69, 9.17) is 5.53 Å². The van der Waals surface area contributed by atoms with Gasteiger partial charge in [-0.1, -0.05) is 53.6 Å². The Balaban J connectivity index is 2.19. The smallest absolute Gasteiger partial charge is 0.252 e. The second-order valence-electron chi connectivity index (χ2n) is 4.31. The molecule has 0 aliphatic carbocycles. The van der Waals surface area contributed by atoms with E-state index < -0.39 is 0 Å². The van der Waals surface area contributed by atoms with Gasteiger partial charge in [0.2, 0.25) is 0 Å². The van der Waals surface area contributed by atoms with E-state index in [9.17, 15) is 4.79 Å². The highest BCUT2D eigenvalue weighted by Gasteiger charge is 2.13. The van der Waals surface area contributed by atoms with Crippen LogP contribution in [-0.4, -0.2) is 5.91 Å². The Kier molecular flexibility index (Phi) is 4.37. The number of hydrogen-bond acceptors (Lipinski definition) is 2. The number of amides is 1. The van der Waals surface area contributed by atoms with Crippen LogP contribution in [0.5, 0.6) is 0 Å². The van der Waals surface area contributed by atoms with E-state index in [0.29, 0.717) is 11.3 Å². The van der Waals surface area contributed by atoms with Gasteiger partial charge in [-0.25, -0.2) is 0 Å². The van der Waals surface area contributed by atoms with Gasteiger partial charge in [-0.2, -0.15) is 0 Å². The van der Waals surface area contributed by atoms with Crippen molar-refractivity contribution in [1.82, 2.24) is 5.32 Å². The first-order chi connectivity index (χ1) is 9.72. The number of carbonyl (C=O) groups is 1. The highest BCUT2D eigenvalue weighted by molar-refractivity contribution is 5.99. The molecule has 0 heterocycles. The quantitative estimate of drug-likeness (QED) is 0.504. The van der Waals surface area contributed by atoms with Gasteiger partial charge in [0.05, 0.1) is 11.7 Å². The number of nitrogens with zero attached hydrogens (tertiary/aromatic N) is 3. The monoisotopic (exact) mass is 266 g/mol. The zero-order chi connectivity index (χ0) is 14.4. The van der Waals surface area contributed by atoms with Gasteiger partial charge >= 0.3 is 0 Å². The van der Waals surface area contributed by atoms with Gasteiger partial charge in [-0.15, -0.1) is 0 Å². The molecule has 1 atom stereocenters. The zero-order valence-electron chi connectivity index (χ0n) is 11.0. The van der Waals surface area contributed by atoms with E-state index in [1.54, 1.807) is 24.3 Å². The zero-order valence-corrected chi connectivity index (χ0v) is 11.0. The Morgan fingerprint density at radius 2 is 1.80 bits per heavy atom. The second-order valence-corrected chi connectivity index (χ2v) is 4.31. The SMILES string of the molecule is CC(NC(=O)c1ccccc1N=[N+]=[N-])c1ccccc1. The summed E-state index contributed by atoms with van der Waals surface area (Å²) < 4.78 is 0. The molecule has 0 fully saturated rings. The van der Waals surface area contributed by atoms with Crippen LogP contribution in [0.1, 0.15) is 28.9 Å². The predicted molar refractivity (Wildman–Crippen MR) is 77.6 cm³/mol. The topological polar surface area (TPSA) is 77.9 Å². The first kappa shape index (κ1) is 13.6. The van der Waals surface area contributed by atoms with Crippen molar-refractivity contribution < 1.29 is 4.79 Å². The van der Waals surface area contributed by atoms with Gasteiger partial charge in [-0.05, 0) is 24.1 Å². The highest BCUT2D eigenvalue weighted by Crippen LogP contribution is 2.20. The van der Waals surface area contributed by atoms with Crippen LogP contribution in [-0.2, 0) is 0 Å². The number of nitrogens with one attached hydrogen (secondary N) is 1. The molecule has 2 aromatic carbocycles. The summed E-state index contributed by atoms with van der Waals surface area (Å²) in [6.07, 6.45) is 0. The van der Waals surface area contributed by atoms with Crippen LogP contribution < -0.4 is 5.32 Å². The Morgan fingerprint density at radius 1 is 1.15 bits per heavy atom. The van der Waals surface area contributed by atoms with Crippen molar-refractivity contribution in [3.05, 3.63) is 76.2 Å². The average molecular weight is 266 g/mol. The van der Waals surface area contributed by atoms with E-state index in [2.05, 4.69) is 15.3 Å². The Labute approximate surface area is 116 Å². The molecule has 0 aliphatic heterocycles. The normalized spacial score (nSPS) is 11.2. The summed E-state index contributed by atoms with van der Waals surface area (Å²) in [5.41, 5.74) is 10.2. The summed E-state index contributed by atoms with van der Waals surface area (Å²) in [4.78, 5) is 15.0. The summed E-state index contributed by atoms with van der Waals surface area (Å²) in [5.74, 6) is -0.260. The Hall–Kier alpha value is -2.78. The van der Waals surface area contributed by atoms with E-state index in [1.165, 1.54) is 0 Å². The van der Waals surface area contributed by atoms with Crippen molar-refractivity contribution >= 4 is 11.6 Å². The lowest BCUT2D eigenvalue weighted by Crippen LogP contribution is -2.26. The summed E-state index contributed by atoms with van der Waals surface area (Å²) in [5, 5.41) is 6.42. The summed E-state index contributed by atoms with van der Waals surface area (Å²) in [6, 6.07) is 16.3. The maximum atomic E-state index is 12.2. The molecule has 1 amide bonds. The van der Waals surface area contributed by atoms with Gasteiger partial charge in [0, 0.05) is 10.5 Å². The van der Waals surface area contributed by atoms with Crippen LogP contribution in [0.15, 0.2) is 59.7 Å². The minimum absolute atomic E-state index is 0.122. The summed E-state index contributed by atoms with van der Waals surface area (Å²) in [7, 11) is 0. The van der Waals surface area contributed by atoms with Crippen molar-refractivity contribution in [2.45, 2.75) is 13.0 Å². The summed E-state index contributed by atoms with van der Waals surface area (Å²) in [6.45, 7) is 1.91. The minimum atomic E-state index is -0.260. The number of carbonyl (C=O) groups excluding carboxylic acids is 1. The van der Waals surface area contributed by atoms with Crippen LogP contribution in [0.3, 0.4) is 0 Å². The largest absolute Gasteiger partial charge is 0.346 e. The fraction of sp³-hybridized carbons (Fsp3) is 0.133. The molecular weight excluding hydrogens is 252 g/mol. The van der Waals surface area contributed by atoms with E-state index >= 15 is 0 Å². The van der Waals surface area contributed by atoms with Crippen LogP contribution in [0.2, 0.25) is 0 Å². The molecular formula is C15H14N4O. The van der Waals surface area contributed by atoms with Crippen molar-refractivity contribution in [3.8, 4) is 0 Å². The first-order valence-electron chi connectivity index (χ1n) is 6.22. The maximum absolute atomic E-state index is 12.2. The Bertz CT molecular complexity index is 648. The van der Waals surface area contributed by atoms with E-state index in [0.717, 1.165) is 5.56 Å². The molecule has 1 N–H and O–H groups in total. The number of benzene rings is 2. The third-order valence-corrected chi connectivity index (χ3v) is 2.95. The summed E-state index contributed by atoms with van der Waals surface area (Å²) >= 11 is 0. The molecule has 0 radical (unpaired) electrons. The van der Waals surface area contributed by atoms with Gasteiger partial charge in [0.25, 0.3) is 5.91 Å². The van der Waals surface area contributed by atoms with Gasteiger partial charge in [-0.3, -0.25) is 4.79 Å². The molecule has 2 rings (SSSR count). The molecule has 0 aliphatic rings. The molecule has 0 saturated heterocycles. The standard InChI is InChI=1S/C15H14N4O/c1-11(12-7-3-2-4-8-12)17-15(20)13-9-5-6-10-14(13)18-19-16/h2-11H,1H3,(H,17,20). The van der Waals surface area contributed by atoms with E-state index in [1.807, 2.05) is 37.3 Å². The number of hydrogen-bond donors (Lipinski definition) is 1. The highest BCUT2D eigenvalue weighted by atomic mass is 16.1.